The molecule has 0 saturated heterocycles. The Balaban J connectivity index is 1.69. The summed E-state index contributed by atoms with van der Waals surface area (Å²) in [4.78, 5) is 19.7. The van der Waals surface area contributed by atoms with E-state index in [2.05, 4.69) is 10.1 Å². The number of fused-ring (bicyclic) bond motifs is 1. The van der Waals surface area contributed by atoms with Gasteiger partial charge in [0.05, 0.1) is 17.1 Å². The maximum absolute atomic E-state index is 13.1. The maximum Gasteiger partial charge on any atom is 0.282 e. The minimum Gasteiger partial charge on any atom is -0.486 e. The monoisotopic (exact) mass is 432 g/mol. The van der Waals surface area contributed by atoms with Crippen LogP contribution in [0.15, 0.2) is 82.7 Å². The fourth-order valence-corrected chi connectivity index (χ4v) is 3.17. The molecule has 0 aliphatic heterocycles. The van der Waals surface area contributed by atoms with Crippen LogP contribution in [0.1, 0.15) is 11.4 Å². The predicted octanol–water partition coefficient (Wildman–Crippen LogP) is 4.58. The first-order valence-electron chi connectivity index (χ1n) is 9.72. The molecular formula is C24H21ClN4O2. The number of anilines is 1. The lowest BCUT2D eigenvalue weighted by Crippen LogP contribution is -2.23. The normalized spacial score (nSPS) is 11.2. The van der Waals surface area contributed by atoms with E-state index in [1.54, 1.807) is 42.6 Å². The summed E-state index contributed by atoms with van der Waals surface area (Å²) < 4.78 is 7.12. The van der Waals surface area contributed by atoms with Gasteiger partial charge in [-0.25, -0.2) is 4.98 Å². The summed E-state index contributed by atoms with van der Waals surface area (Å²) in [6.45, 7) is 0.0820. The zero-order valence-electron chi connectivity index (χ0n) is 17.2. The minimum absolute atomic E-state index is 0.0820. The Labute approximate surface area is 185 Å². The van der Waals surface area contributed by atoms with E-state index in [9.17, 15) is 4.79 Å². The molecule has 0 aliphatic carbocycles. The number of hydrogen-bond donors (Lipinski definition) is 0. The molecule has 31 heavy (non-hydrogen) atoms. The summed E-state index contributed by atoms with van der Waals surface area (Å²) in [5, 5.41) is 5.55. The van der Waals surface area contributed by atoms with E-state index in [4.69, 9.17) is 16.3 Å². The molecule has 0 radical (unpaired) electrons. The average molecular weight is 433 g/mol. The molecule has 1 heterocycles. The topological polar surface area (TPSA) is 59.7 Å². The SMILES string of the molecule is CN(C)c1ccc(/C=N/n2c(COc3ccc(Cl)cc3)nc3ccccc3c2=O)cc1. The van der Waals surface area contributed by atoms with Gasteiger partial charge in [0.15, 0.2) is 5.82 Å². The van der Waals surface area contributed by atoms with Crippen molar-refractivity contribution in [3.8, 4) is 5.75 Å². The molecule has 156 valence electrons. The Kier molecular flexibility index (Phi) is 6.00. The van der Waals surface area contributed by atoms with Crippen LogP contribution in [0.25, 0.3) is 10.9 Å². The van der Waals surface area contributed by atoms with Gasteiger partial charge in [0.1, 0.15) is 12.4 Å². The predicted molar refractivity (Wildman–Crippen MR) is 126 cm³/mol. The Morgan fingerprint density at radius 1 is 1.03 bits per heavy atom. The Bertz CT molecular complexity index is 1280. The van der Waals surface area contributed by atoms with Gasteiger partial charge in [-0.05, 0) is 54.1 Å². The van der Waals surface area contributed by atoms with Gasteiger partial charge >= 0.3 is 0 Å². The Morgan fingerprint density at radius 2 is 1.74 bits per heavy atom. The van der Waals surface area contributed by atoms with Crippen molar-refractivity contribution in [2.24, 2.45) is 5.10 Å². The van der Waals surface area contributed by atoms with Gasteiger partial charge in [0, 0.05) is 24.8 Å². The Hall–Kier alpha value is -3.64. The van der Waals surface area contributed by atoms with Gasteiger partial charge < -0.3 is 9.64 Å². The van der Waals surface area contributed by atoms with Crippen LogP contribution >= 0.6 is 11.6 Å². The van der Waals surface area contributed by atoms with Crippen molar-refractivity contribution in [1.29, 1.82) is 0 Å². The van der Waals surface area contributed by atoms with Crippen LogP contribution in [0.4, 0.5) is 5.69 Å². The van der Waals surface area contributed by atoms with E-state index in [0.717, 1.165) is 11.3 Å². The van der Waals surface area contributed by atoms with Crippen molar-refractivity contribution in [2.45, 2.75) is 6.61 Å². The molecule has 4 aromatic rings. The lowest BCUT2D eigenvalue weighted by molar-refractivity contribution is 0.289. The first-order valence-corrected chi connectivity index (χ1v) is 10.1. The third-order valence-corrected chi connectivity index (χ3v) is 4.99. The van der Waals surface area contributed by atoms with Gasteiger partial charge in [-0.2, -0.15) is 9.78 Å². The second-order valence-electron chi connectivity index (χ2n) is 7.14. The molecule has 0 aliphatic rings. The van der Waals surface area contributed by atoms with Crippen molar-refractivity contribution in [2.75, 3.05) is 19.0 Å². The molecule has 3 aromatic carbocycles. The quantitative estimate of drug-likeness (QED) is 0.418. The molecule has 0 bridgehead atoms. The van der Waals surface area contributed by atoms with Crippen LogP contribution in [0, 0.1) is 0 Å². The molecule has 7 heteroatoms. The number of hydrogen-bond acceptors (Lipinski definition) is 5. The molecule has 6 nitrogen and oxygen atoms in total. The fourth-order valence-electron chi connectivity index (χ4n) is 3.04. The van der Waals surface area contributed by atoms with Gasteiger partial charge in [-0.3, -0.25) is 4.79 Å². The Morgan fingerprint density at radius 3 is 2.45 bits per heavy atom. The third-order valence-electron chi connectivity index (χ3n) is 4.73. The number of benzene rings is 3. The van der Waals surface area contributed by atoms with E-state index >= 15 is 0 Å². The molecule has 0 amide bonds. The smallest absolute Gasteiger partial charge is 0.282 e. The summed E-state index contributed by atoms with van der Waals surface area (Å²) in [7, 11) is 3.97. The minimum atomic E-state index is -0.249. The van der Waals surface area contributed by atoms with Gasteiger partial charge in [-0.15, -0.1) is 0 Å². The molecule has 0 atom stereocenters. The fraction of sp³-hybridized carbons (Fsp3) is 0.125. The second kappa shape index (κ2) is 9.02. The van der Waals surface area contributed by atoms with E-state index in [1.807, 2.05) is 55.4 Å². The van der Waals surface area contributed by atoms with E-state index < -0.39 is 0 Å². The number of para-hydroxylation sites is 1. The molecule has 0 unspecified atom stereocenters. The second-order valence-corrected chi connectivity index (χ2v) is 7.57. The number of nitrogens with zero attached hydrogens (tertiary/aromatic N) is 4. The van der Waals surface area contributed by atoms with Crippen molar-refractivity contribution < 1.29 is 4.74 Å². The average Bonchev–Trinajstić information content (AvgIpc) is 2.78. The molecule has 4 rings (SSSR count). The molecule has 0 saturated carbocycles. The summed E-state index contributed by atoms with van der Waals surface area (Å²) in [5.74, 6) is 1.03. The summed E-state index contributed by atoms with van der Waals surface area (Å²) >= 11 is 5.93. The van der Waals surface area contributed by atoms with E-state index in [0.29, 0.717) is 27.5 Å². The molecule has 1 aromatic heterocycles. The summed E-state index contributed by atoms with van der Waals surface area (Å²) in [5.41, 5.74) is 2.31. The zero-order valence-corrected chi connectivity index (χ0v) is 18.0. The van der Waals surface area contributed by atoms with Crippen molar-refractivity contribution in [1.82, 2.24) is 9.66 Å². The molecular weight excluding hydrogens is 412 g/mol. The van der Waals surface area contributed by atoms with Crippen LogP contribution in [0.2, 0.25) is 5.02 Å². The standard InChI is InChI=1S/C24H21ClN4O2/c1-28(2)19-11-7-17(8-12-19)15-26-29-23(16-31-20-13-9-18(25)10-14-20)27-22-6-4-3-5-21(22)24(29)30/h3-15H,16H2,1-2H3/b26-15+. The highest BCUT2D eigenvalue weighted by Gasteiger charge is 2.11. The number of aromatic nitrogens is 2. The summed E-state index contributed by atoms with van der Waals surface area (Å²) in [6.07, 6.45) is 1.64. The van der Waals surface area contributed by atoms with Crippen LogP contribution in [0.3, 0.4) is 0 Å². The first kappa shape index (κ1) is 20.6. The van der Waals surface area contributed by atoms with E-state index in [1.165, 1.54) is 4.68 Å². The van der Waals surface area contributed by atoms with Gasteiger partial charge in [0.25, 0.3) is 5.56 Å². The highest BCUT2D eigenvalue weighted by molar-refractivity contribution is 6.30. The number of rotatable bonds is 6. The van der Waals surface area contributed by atoms with E-state index in [-0.39, 0.29) is 12.2 Å². The molecule has 0 N–H and O–H groups in total. The zero-order chi connectivity index (χ0) is 21.8. The third kappa shape index (κ3) is 4.75. The largest absolute Gasteiger partial charge is 0.486 e. The number of ether oxygens (including phenoxy) is 1. The lowest BCUT2D eigenvalue weighted by atomic mass is 10.2. The summed E-state index contributed by atoms with van der Waals surface area (Å²) in [6, 6.07) is 22.1. The van der Waals surface area contributed by atoms with Crippen molar-refractivity contribution in [3.63, 3.8) is 0 Å². The van der Waals surface area contributed by atoms with Crippen LogP contribution in [-0.2, 0) is 6.61 Å². The van der Waals surface area contributed by atoms with Gasteiger partial charge in [-0.1, -0.05) is 35.9 Å². The highest BCUT2D eigenvalue weighted by Crippen LogP contribution is 2.17. The lowest BCUT2D eigenvalue weighted by Gasteiger charge is -2.12. The van der Waals surface area contributed by atoms with Gasteiger partial charge in [0.2, 0.25) is 0 Å². The molecule has 0 fully saturated rings. The van der Waals surface area contributed by atoms with Crippen LogP contribution in [0.5, 0.6) is 5.75 Å². The first-order chi connectivity index (χ1) is 15.0. The van der Waals surface area contributed by atoms with Crippen LogP contribution < -0.4 is 15.2 Å². The van der Waals surface area contributed by atoms with Crippen LogP contribution in [-0.4, -0.2) is 30.0 Å². The number of halogens is 1. The van der Waals surface area contributed by atoms with Crippen molar-refractivity contribution >= 4 is 34.4 Å². The molecule has 0 spiro atoms. The highest BCUT2D eigenvalue weighted by atomic mass is 35.5. The van der Waals surface area contributed by atoms with Crippen molar-refractivity contribution in [3.05, 3.63) is 99.6 Å². The maximum atomic E-state index is 13.1.